The van der Waals surface area contributed by atoms with Crippen LogP contribution in [0.3, 0.4) is 0 Å². The number of benzene rings is 3. The van der Waals surface area contributed by atoms with Crippen molar-refractivity contribution < 1.29 is 0 Å². The Morgan fingerprint density at radius 3 is 2.48 bits per heavy atom. The molecule has 2 heteroatoms. The summed E-state index contributed by atoms with van der Waals surface area (Å²) in [6.07, 6.45) is 5.59. The van der Waals surface area contributed by atoms with Gasteiger partial charge >= 0.3 is 0 Å². The molecule has 4 rings (SSSR count). The summed E-state index contributed by atoms with van der Waals surface area (Å²) in [7, 11) is 4.27. The van der Waals surface area contributed by atoms with Gasteiger partial charge in [0, 0.05) is 18.8 Å². The van der Waals surface area contributed by atoms with Gasteiger partial charge in [-0.25, -0.2) is 0 Å². The van der Waals surface area contributed by atoms with Gasteiger partial charge in [-0.05, 0) is 65.7 Å². The molecule has 1 N–H and O–H groups in total. The highest BCUT2D eigenvalue weighted by Gasteiger charge is 2.17. The number of para-hydroxylation sites is 1. The van der Waals surface area contributed by atoms with Gasteiger partial charge in [-0.2, -0.15) is 0 Å². The van der Waals surface area contributed by atoms with E-state index in [4.69, 9.17) is 0 Å². The lowest BCUT2D eigenvalue weighted by atomic mass is 9.91. The number of likely N-dealkylation sites (N-methyl/N-ethyl adjacent to an activating group) is 1. The second-order valence-corrected chi connectivity index (χ2v) is 7.38. The number of fused-ring (bicyclic) bond motifs is 1. The Hall–Kier alpha value is -2.84. The fourth-order valence-electron chi connectivity index (χ4n) is 3.88. The number of hydrogen-bond donors (Lipinski definition) is 1. The summed E-state index contributed by atoms with van der Waals surface area (Å²) in [6, 6.07) is 23.7. The van der Waals surface area contributed by atoms with Crippen LogP contribution in [-0.4, -0.2) is 25.5 Å². The van der Waals surface area contributed by atoms with E-state index in [1.165, 1.54) is 33.0 Å². The minimum absolute atomic E-state index is 0.819. The quantitative estimate of drug-likeness (QED) is 0.608. The number of nitrogens with zero attached hydrogens (tertiary/aromatic N) is 1. The molecule has 0 bridgehead atoms. The Kier molecular flexibility index (Phi) is 5.08. The SMILES string of the molecule is CN(C)CC1=C(c2ccc3ccccc3c2CNc2ccccc2)CC=C1. The Morgan fingerprint density at radius 1 is 0.889 bits per heavy atom. The summed E-state index contributed by atoms with van der Waals surface area (Å²) >= 11 is 0. The first-order valence-corrected chi connectivity index (χ1v) is 9.55. The van der Waals surface area contributed by atoms with Gasteiger partial charge in [-0.3, -0.25) is 0 Å². The molecule has 0 saturated heterocycles. The van der Waals surface area contributed by atoms with Gasteiger partial charge in [0.1, 0.15) is 0 Å². The molecule has 0 aromatic heterocycles. The molecular weight excluding hydrogens is 328 g/mol. The standard InChI is InChI=1S/C25H26N2/c1-27(2)18-20-10-8-14-23(20)24-16-15-19-9-6-7-13-22(19)25(24)17-26-21-11-4-3-5-12-21/h3-13,15-16,26H,14,17-18H2,1-2H3. The molecule has 0 heterocycles. The van der Waals surface area contributed by atoms with E-state index in [2.05, 4.69) is 103 Å². The van der Waals surface area contributed by atoms with E-state index in [9.17, 15) is 0 Å². The Balaban J connectivity index is 1.78. The average Bonchev–Trinajstić information content (AvgIpc) is 3.14. The van der Waals surface area contributed by atoms with E-state index in [0.29, 0.717) is 0 Å². The van der Waals surface area contributed by atoms with Crippen LogP contribution in [0.2, 0.25) is 0 Å². The zero-order valence-corrected chi connectivity index (χ0v) is 16.1. The Morgan fingerprint density at radius 2 is 1.67 bits per heavy atom. The smallest absolute Gasteiger partial charge is 0.0413 e. The number of allylic oxidation sites excluding steroid dienone is 2. The van der Waals surface area contributed by atoms with Gasteiger partial charge in [0.25, 0.3) is 0 Å². The molecule has 0 saturated carbocycles. The van der Waals surface area contributed by atoms with Crippen LogP contribution in [0.15, 0.2) is 84.5 Å². The minimum atomic E-state index is 0.819. The molecule has 0 aliphatic heterocycles. The predicted octanol–water partition coefficient (Wildman–Crippen LogP) is 5.73. The van der Waals surface area contributed by atoms with Gasteiger partial charge in [-0.1, -0.05) is 66.7 Å². The highest BCUT2D eigenvalue weighted by Crippen LogP contribution is 2.35. The van der Waals surface area contributed by atoms with Gasteiger partial charge in [0.05, 0.1) is 0 Å². The zero-order valence-electron chi connectivity index (χ0n) is 16.1. The van der Waals surface area contributed by atoms with Crippen molar-refractivity contribution in [3.63, 3.8) is 0 Å². The third-order valence-corrected chi connectivity index (χ3v) is 5.12. The van der Waals surface area contributed by atoms with E-state index in [-0.39, 0.29) is 0 Å². The first-order chi connectivity index (χ1) is 13.2. The van der Waals surface area contributed by atoms with Crippen LogP contribution in [0, 0.1) is 0 Å². The highest BCUT2D eigenvalue weighted by atomic mass is 15.0. The normalized spacial score (nSPS) is 13.7. The minimum Gasteiger partial charge on any atom is -0.381 e. The van der Waals surface area contributed by atoms with Gasteiger partial charge in [-0.15, -0.1) is 0 Å². The van der Waals surface area contributed by atoms with Gasteiger partial charge in [0.2, 0.25) is 0 Å². The number of nitrogens with one attached hydrogen (secondary N) is 1. The fraction of sp³-hybridized carbons (Fsp3) is 0.200. The van der Waals surface area contributed by atoms with Crippen molar-refractivity contribution in [2.45, 2.75) is 13.0 Å². The summed E-state index contributed by atoms with van der Waals surface area (Å²) in [5, 5.41) is 6.25. The van der Waals surface area contributed by atoms with Crippen LogP contribution < -0.4 is 5.32 Å². The lowest BCUT2D eigenvalue weighted by Gasteiger charge is -2.18. The zero-order chi connectivity index (χ0) is 18.6. The van der Waals surface area contributed by atoms with Crippen molar-refractivity contribution in [3.8, 4) is 0 Å². The summed E-state index contributed by atoms with van der Waals surface area (Å²) in [4.78, 5) is 2.24. The van der Waals surface area contributed by atoms with E-state index < -0.39 is 0 Å². The summed E-state index contributed by atoms with van der Waals surface area (Å²) in [5.74, 6) is 0. The number of rotatable bonds is 6. The molecule has 1 aliphatic rings. The molecule has 3 aromatic rings. The fourth-order valence-corrected chi connectivity index (χ4v) is 3.88. The second-order valence-electron chi connectivity index (χ2n) is 7.38. The van der Waals surface area contributed by atoms with Crippen molar-refractivity contribution in [1.82, 2.24) is 4.90 Å². The molecule has 2 nitrogen and oxygen atoms in total. The van der Waals surface area contributed by atoms with E-state index in [1.54, 1.807) is 0 Å². The third-order valence-electron chi connectivity index (χ3n) is 5.12. The van der Waals surface area contributed by atoms with Crippen molar-refractivity contribution in [3.05, 3.63) is 95.6 Å². The first-order valence-electron chi connectivity index (χ1n) is 9.55. The second kappa shape index (κ2) is 7.81. The number of anilines is 1. The Bertz CT molecular complexity index is 997. The third kappa shape index (κ3) is 3.81. The van der Waals surface area contributed by atoms with Crippen LogP contribution in [0.5, 0.6) is 0 Å². The van der Waals surface area contributed by atoms with Gasteiger partial charge in [0.15, 0.2) is 0 Å². The van der Waals surface area contributed by atoms with Crippen LogP contribution in [0.4, 0.5) is 5.69 Å². The van der Waals surface area contributed by atoms with Crippen LogP contribution in [-0.2, 0) is 6.54 Å². The van der Waals surface area contributed by atoms with Crippen molar-refractivity contribution in [2.24, 2.45) is 0 Å². The molecule has 0 amide bonds. The van der Waals surface area contributed by atoms with Crippen molar-refractivity contribution in [1.29, 1.82) is 0 Å². The van der Waals surface area contributed by atoms with Crippen molar-refractivity contribution in [2.75, 3.05) is 26.0 Å². The number of hydrogen-bond acceptors (Lipinski definition) is 2. The summed E-state index contributed by atoms with van der Waals surface area (Å²) in [6.45, 7) is 1.80. The largest absolute Gasteiger partial charge is 0.381 e. The maximum Gasteiger partial charge on any atom is 0.0413 e. The molecule has 3 aromatic carbocycles. The molecule has 0 atom stereocenters. The highest BCUT2D eigenvalue weighted by molar-refractivity contribution is 5.92. The predicted molar refractivity (Wildman–Crippen MR) is 117 cm³/mol. The van der Waals surface area contributed by atoms with Crippen LogP contribution >= 0.6 is 0 Å². The lowest BCUT2D eigenvalue weighted by molar-refractivity contribution is 0.450. The summed E-state index contributed by atoms with van der Waals surface area (Å²) in [5.41, 5.74) is 6.80. The Labute approximate surface area is 161 Å². The van der Waals surface area contributed by atoms with Crippen molar-refractivity contribution >= 4 is 22.0 Å². The van der Waals surface area contributed by atoms with Crippen LogP contribution in [0.1, 0.15) is 17.5 Å². The summed E-state index contributed by atoms with van der Waals surface area (Å²) < 4.78 is 0. The molecule has 136 valence electrons. The van der Waals surface area contributed by atoms with E-state index in [1.807, 2.05) is 0 Å². The lowest BCUT2D eigenvalue weighted by Crippen LogP contribution is -2.15. The first kappa shape index (κ1) is 17.6. The monoisotopic (exact) mass is 354 g/mol. The molecule has 0 unspecified atom stereocenters. The molecule has 1 aliphatic carbocycles. The molecular formula is C25H26N2. The van der Waals surface area contributed by atoms with E-state index in [0.717, 1.165) is 25.2 Å². The topological polar surface area (TPSA) is 15.3 Å². The van der Waals surface area contributed by atoms with E-state index >= 15 is 0 Å². The average molecular weight is 354 g/mol. The van der Waals surface area contributed by atoms with Gasteiger partial charge < -0.3 is 10.2 Å². The molecule has 0 fully saturated rings. The maximum atomic E-state index is 3.62. The molecule has 27 heavy (non-hydrogen) atoms. The van der Waals surface area contributed by atoms with Crippen LogP contribution in [0.25, 0.3) is 16.3 Å². The molecule has 0 radical (unpaired) electrons. The molecule has 0 spiro atoms. The maximum absolute atomic E-state index is 3.62.